The predicted molar refractivity (Wildman–Crippen MR) is 103 cm³/mol. The standard InChI is InChI=1S/C22H25FN2O2/c1-16-6-7-18(17(2)10-16)12-24-9-8-22(14-24)15-25(21(26)13-27-22)20-5-3-4-19(23)11-20/h3-7,10-11H,8-9,12-15H2,1-2H3. The van der Waals surface area contributed by atoms with Crippen LogP contribution >= 0.6 is 0 Å². The van der Waals surface area contributed by atoms with Crippen LogP contribution in [0.25, 0.3) is 0 Å². The van der Waals surface area contributed by atoms with Crippen molar-refractivity contribution in [1.29, 1.82) is 0 Å². The van der Waals surface area contributed by atoms with Gasteiger partial charge >= 0.3 is 0 Å². The second-order valence-corrected chi connectivity index (χ2v) is 7.82. The SMILES string of the molecule is Cc1ccc(CN2CCC3(C2)CN(c2cccc(F)c2)C(=O)CO3)c(C)c1. The maximum atomic E-state index is 13.6. The largest absolute Gasteiger partial charge is 0.362 e. The quantitative estimate of drug-likeness (QED) is 0.832. The summed E-state index contributed by atoms with van der Waals surface area (Å²) in [4.78, 5) is 16.4. The number of hydrogen-bond acceptors (Lipinski definition) is 3. The summed E-state index contributed by atoms with van der Waals surface area (Å²) in [6.45, 7) is 7.36. The van der Waals surface area contributed by atoms with Gasteiger partial charge in [-0.3, -0.25) is 9.69 Å². The Morgan fingerprint density at radius 3 is 2.78 bits per heavy atom. The minimum absolute atomic E-state index is 0.0495. The second kappa shape index (κ2) is 7.06. The Hall–Kier alpha value is -2.24. The van der Waals surface area contributed by atoms with Gasteiger partial charge < -0.3 is 9.64 Å². The zero-order valence-corrected chi connectivity index (χ0v) is 15.9. The van der Waals surface area contributed by atoms with E-state index in [0.29, 0.717) is 12.2 Å². The number of anilines is 1. The molecule has 2 heterocycles. The Morgan fingerprint density at radius 2 is 2.00 bits per heavy atom. The van der Waals surface area contributed by atoms with Gasteiger partial charge in [-0.05, 0) is 49.6 Å². The van der Waals surface area contributed by atoms with E-state index in [1.165, 1.54) is 28.8 Å². The highest BCUT2D eigenvalue weighted by Gasteiger charge is 2.45. The lowest BCUT2D eigenvalue weighted by Crippen LogP contribution is -2.56. The van der Waals surface area contributed by atoms with Gasteiger partial charge in [0.15, 0.2) is 0 Å². The third-order valence-corrected chi connectivity index (χ3v) is 5.66. The van der Waals surface area contributed by atoms with Gasteiger partial charge in [-0.2, -0.15) is 0 Å². The van der Waals surface area contributed by atoms with Crippen LogP contribution in [0.3, 0.4) is 0 Å². The van der Waals surface area contributed by atoms with Gasteiger partial charge in [0.25, 0.3) is 5.91 Å². The van der Waals surface area contributed by atoms with Crippen LogP contribution in [0.4, 0.5) is 10.1 Å². The number of carbonyl (C=O) groups excluding carboxylic acids is 1. The third kappa shape index (κ3) is 3.75. The van der Waals surface area contributed by atoms with Crippen molar-refractivity contribution in [3.63, 3.8) is 0 Å². The van der Waals surface area contributed by atoms with Crippen LogP contribution in [0, 0.1) is 19.7 Å². The Labute approximate surface area is 159 Å². The number of rotatable bonds is 3. The molecule has 1 atom stereocenters. The van der Waals surface area contributed by atoms with Crippen molar-refractivity contribution in [3.05, 3.63) is 65.0 Å². The van der Waals surface area contributed by atoms with Crippen molar-refractivity contribution >= 4 is 11.6 Å². The van der Waals surface area contributed by atoms with E-state index in [1.807, 2.05) is 0 Å². The van der Waals surface area contributed by atoms with Gasteiger partial charge in [0.05, 0.1) is 6.54 Å². The molecule has 0 bridgehead atoms. The minimum atomic E-state index is -0.376. The molecular formula is C22H25FN2O2. The van der Waals surface area contributed by atoms with Gasteiger partial charge in [0, 0.05) is 25.3 Å². The number of likely N-dealkylation sites (tertiary alicyclic amines) is 1. The average Bonchev–Trinajstić information content (AvgIpc) is 3.02. The first-order valence-corrected chi connectivity index (χ1v) is 9.43. The lowest BCUT2D eigenvalue weighted by molar-refractivity contribution is -0.137. The Morgan fingerprint density at radius 1 is 1.15 bits per heavy atom. The number of amides is 1. The number of nitrogens with zero attached hydrogens (tertiary/aromatic N) is 2. The molecule has 1 spiro atoms. The van der Waals surface area contributed by atoms with Crippen molar-refractivity contribution in [2.24, 2.45) is 0 Å². The van der Waals surface area contributed by atoms with Crippen LogP contribution in [0.2, 0.25) is 0 Å². The summed E-state index contributed by atoms with van der Waals surface area (Å²) >= 11 is 0. The minimum Gasteiger partial charge on any atom is -0.362 e. The number of halogens is 1. The molecule has 0 saturated carbocycles. The van der Waals surface area contributed by atoms with Crippen molar-refractivity contribution in [1.82, 2.24) is 4.90 Å². The van der Waals surface area contributed by atoms with Crippen LogP contribution < -0.4 is 4.90 Å². The Balaban J connectivity index is 1.48. The molecule has 0 radical (unpaired) electrons. The van der Waals surface area contributed by atoms with Crippen LogP contribution in [0.1, 0.15) is 23.1 Å². The van der Waals surface area contributed by atoms with E-state index in [9.17, 15) is 9.18 Å². The molecule has 4 rings (SSSR count). The first kappa shape index (κ1) is 18.1. The van der Waals surface area contributed by atoms with Crippen molar-refractivity contribution in [2.75, 3.05) is 31.1 Å². The number of ether oxygens (including phenoxy) is 1. The zero-order valence-electron chi connectivity index (χ0n) is 15.9. The highest BCUT2D eigenvalue weighted by atomic mass is 19.1. The van der Waals surface area contributed by atoms with Gasteiger partial charge in [-0.25, -0.2) is 4.39 Å². The average molecular weight is 368 g/mol. The molecule has 2 aliphatic heterocycles. The topological polar surface area (TPSA) is 32.8 Å². The van der Waals surface area contributed by atoms with Gasteiger partial charge in [0.1, 0.15) is 18.0 Å². The molecular weight excluding hydrogens is 343 g/mol. The molecule has 142 valence electrons. The molecule has 0 aliphatic carbocycles. The van der Waals surface area contributed by atoms with E-state index in [0.717, 1.165) is 26.1 Å². The fraction of sp³-hybridized carbons (Fsp3) is 0.409. The lowest BCUT2D eigenvalue weighted by atomic mass is 10.00. The number of aryl methyl sites for hydroxylation is 2. The molecule has 2 aliphatic rings. The molecule has 2 aromatic rings. The van der Waals surface area contributed by atoms with E-state index in [1.54, 1.807) is 17.0 Å². The normalized spacial score (nSPS) is 23.4. The summed E-state index contributed by atoms with van der Waals surface area (Å²) in [5, 5.41) is 0. The first-order chi connectivity index (χ1) is 12.9. The summed E-state index contributed by atoms with van der Waals surface area (Å²) in [6.07, 6.45) is 0.872. The van der Waals surface area contributed by atoms with Gasteiger partial charge in [0.2, 0.25) is 0 Å². The maximum Gasteiger partial charge on any atom is 0.253 e. The van der Waals surface area contributed by atoms with Crippen LogP contribution in [-0.2, 0) is 16.1 Å². The molecule has 2 saturated heterocycles. The van der Waals surface area contributed by atoms with Crippen LogP contribution in [0.5, 0.6) is 0 Å². The van der Waals surface area contributed by atoms with E-state index >= 15 is 0 Å². The molecule has 0 aromatic heterocycles. The Bertz CT molecular complexity index is 869. The predicted octanol–water partition coefficient (Wildman–Crippen LogP) is 3.45. The van der Waals surface area contributed by atoms with Gasteiger partial charge in [-0.15, -0.1) is 0 Å². The van der Waals surface area contributed by atoms with E-state index in [-0.39, 0.29) is 23.9 Å². The lowest BCUT2D eigenvalue weighted by Gasteiger charge is -2.40. The molecule has 0 N–H and O–H groups in total. The molecule has 2 fully saturated rings. The van der Waals surface area contributed by atoms with E-state index in [2.05, 4.69) is 36.9 Å². The number of hydrogen-bond donors (Lipinski definition) is 0. The zero-order chi connectivity index (χ0) is 19.0. The summed E-state index contributed by atoms with van der Waals surface area (Å²) in [6, 6.07) is 12.8. The fourth-order valence-electron chi connectivity index (χ4n) is 4.17. The summed E-state index contributed by atoms with van der Waals surface area (Å²) < 4.78 is 19.6. The number of carbonyl (C=O) groups is 1. The number of benzene rings is 2. The monoisotopic (exact) mass is 368 g/mol. The molecule has 1 unspecified atom stereocenters. The van der Waals surface area contributed by atoms with Crippen molar-refractivity contribution in [2.45, 2.75) is 32.4 Å². The third-order valence-electron chi connectivity index (χ3n) is 5.66. The van der Waals surface area contributed by atoms with Crippen molar-refractivity contribution in [3.8, 4) is 0 Å². The van der Waals surface area contributed by atoms with Crippen LogP contribution in [-0.4, -0.2) is 42.6 Å². The van der Waals surface area contributed by atoms with Crippen LogP contribution in [0.15, 0.2) is 42.5 Å². The van der Waals surface area contributed by atoms with Crippen molar-refractivity contribution < 1.29 is 13.9 Å². The molecule has 4 nitrogen and oxygen atoms in total. The smallest absolute Gasteiger partial charge is 0.253 e. The summed E-state index contributed by atoms with van der Waals surface area (Å²) in [7, 11) is 0. The maximum absolute atomic E-state index is 13.6. The summed E-state index contributed by atoms with van der Waals surface area (Å²) in [5.41, 5.74) is 4.13. The molecule has 5 heteroatoms. The molecule has 27 heavy (non-hydrogen) atoms. The fourth-order valence-corrected chi connectivity index (χ4v) is 4.17. The van der Waals surface area contributed by atoms with Gasteiger partial charge in [-0.1, -0.05) is 29.8 Å². The summed E-state index contributed by atoms with van der Waals surface area (Å²) in [5.74, 6) is -0.442. The highest BCUT2D eigenvalue weighted by molar-refractivity contribution is 5.95. The number of morpholine rings is 1. The first-order valence-electron chi connectivity index (χ1n) is 9.43. The van der Waals surface area contributed by atoms with E-state index < -0.39 is 0 Å². The molecule has 1 amide bonds. The Kier molecular flexibility index (Phi) is 4.74. The highest BCUT2D eigenvalue weighted by Crippen LogP contribution is 2.33. The molecule has 2 aromatic carbocycles. The van der Waals surface area contributed by atoms with E-state index in [4.69, 9.17) is 4.74 Å². The second-order valence-electron chi connectivity index (χ2n) is 7.82.